The average Bonchev–Trinajstić information content (AvgIpc) is 2.30. The fourth-order valence-electron chi connectivity index (χ4n) is 2.12. The van der Waals surface area contributed by atoms with Crippen molar-refractivity contribution in [3.8, 4) is 5.75 Å². The van der Waals surface area contributed by atoms with Crippen LogP contribution in [0.5, 0.6) is 5.75 Å². The van der Waals surface area contributed by atoms with Crippen molar-refractivity contribution in [1.29, 1.82) is 0 Å². The zero-order valence-corrected chi connectivity index (χ0v) is 11.0. The number of carbonyl (C=O) groups is 1. The van der Waals surface area contributed by atoms with Gasteiger partial charge in [-0.1, -0.05) is 26.0 Å². The molecule has 1 N–H and O–H groups in total. The van der Waals surface area contributed by atoms with Crippen molar-refractivity contribution < 1.29 is 27.4 Å². The Hall–Kier alpha value is -1.92. The van der Waals surface area contributed by atoms with Crippen LogP contribution in [-0.4, -0.2) is 19.1 Å². The number of carbonyl (C=O) groups excluding carboxylic acids is 1. The van der Waals surface area contributed by atoms with E-state index in [0.29, 0.717) is 5.56 Å². The first-order chi connectivity index (χ1) is 9.17. The molecule has 1 fully saturated rings. The molecule has 1 saturated heterocycles. The molecule has 7 heteroatoms. The molecule has 1 aliphatic heterocycles. The molecule has 1 aromatic rings. The van der Waals surface area contributed by atoms with Crippen LogP contribution in [0.2, 0.25) is 0 Å². The van der Waals surface area contributed by atoms with Crippen LogP contribution in [0, 0.1) is 5.41 Å². The number of alkyl carbamates (subject to hydrolysis) is 1. The summed E-state index contributed by atoms with van der Waals surface area (Å²) in [6, 6.07) is 5.13. The Balaban J connectivity index is 2.27. The average molecular weight is 289 g/mol. The first-order valence-electron chi connectivity index (χ1n) is 5.96. The molecule has 1 amide bonds. The summed E-state index contributed by atoms with van der Waals surface area (Å²) in [4.78, 5) is 11.3. The molecule has 0 unspecified atom stereocenters. The van der Waals surface area contributed by atoms with E-state index in [4.69, 9.17) is 4.74 Å². The van der Waals surface area contributed by atoms with E-state index in [0.717, 1.165) is 0 Å². The molecule has 0 spiro atoms. The third-order valence-electron chi connectivity index (χ3n) is 3.04. The van der Waals surface area contributed by atoms with E-state index >= 15 is 0 Å². The molecule has 1 aliphatic rings. The number of alkyl halides is 3. The van der Waals surface area contributed by atoms with Gasteiger partial charge in [0, 0.05) is 5.41 Å². The maximum atomic E-state index is 12.2. The van der Waals surface area contributed by atoms with E-state index < -0.39 is 23.9 Å². The van der Waals surface area contributed by atoms with Gasteiger partial charge in [-0.2, -0.15) is 0 Å². The molecular weight excluding hydrogens is 275 g/mol. The van der Waals surface area contributed by atoms with Gasteiger partial charge in [0.1, 0.15) is 12.4 Å². The van der Waals surface area contributed by atoms with Crippen molar-refractivity contribution in [1.82, 2.24) is 5.32 Å². The van der Waals surface area contributed by atoms with Crippen LogP contribution in [0.3, 0.4) is 0 Å². The second-order valence-corrected chi connectivity index (χ2v) is 5.26. The Morgan fingerprint density at radius 3 is 2.75 bits per heavy atom. The van der Waals surface area contributed by atoms with Gasteiger partial charge in [-0.05, 0) is 17.7 Å². The first-order valence-corrected chi connectivity index (χ1v) is 5.96. The molecule has 0 saturated carbocycles. The zero-order chi connectivity index (χ0) is 15.0. The largest absolute Gasteiger partial charge is 0.573 e. The van der Waals surface area contributed by atoms with Crippen molar-refractivity contribution in [2.75, 3.05) is 6.61 Å². The van der Waals surface area contributed by atoms with Crippen molar-refractivity contribution in [2.45, 2.75) is 26.3 Å². The van der Waals surface area contributed by atoms with Crippen LogP contribution in [0.4, 0.5) is 18.0 Å². The van der Waals surface area contributed by atoms with Crippen LogP contribution in [-0.2, 0) is 4.74 Å². The highest BCUT2D eigenvalue weighted by molar-refractivity contribution is 5.69. The molecule has 0 bridgehead atoms. The first kappa shape index (κ1) is 14.5. The molecule has 1 aromatic carbocycles. The molecular formula is C13H14F3NO3. The Bertz CT molecular complexity index is 514. The summed E-state index contributed by atoms with van der Waals surface area (Å²) in [6.07, 6.45) is -5.33. The molecule has 4 nitrogen and oxygen atoms in total. The van der Waals surface area contributed by atoms with Gasteiger partial charge in [0.15, 0.2) is 0 Å². The highest BCUT2D eigenvalue weighted by Gasteiger charge is 2.38. The fraction of sp³-hybridized carbons (Fsp3) is 0.462. The lowest BCUT2D eigenvalue weighted by molar-refractivity contribution is -0.274. The number of benzene rings is 1. The van der Waals surface area contributed by atoms with Gasteiger partial charge < -0.3 is 14.8 Å². The number of ether oxygens (including phenoxy) is 2. The second-order valence-electron chi connectivity index (χ2n) is 5.26. The van der Waals surface area contributed by atoms with Gasteiger partial charge >= 0.3 is 12.5 Å². The monoisotopic (exact) mass is 289 g/mol. The lowest BCUT2D eigenvalue weighted by Crippen LogP contribution is -2.46. The minimum absolute atomic E-state index is 0.188. The van der Waals surface area contributed by atoms with E-state index in [1.165, 1.54) is 18.2 Å². The maximum absolute atomic E-state index is 12.2. The minimum atomic E-state index is -4.74. The number of nitrogens with one attached hydrogen (secondary N) is 1. The predicted molar refractivity (Wildman–Crippen MR) is 64.1 cm³/mol. The van der Waals surface area contributed by atoms with Gasteiger partial charge in [0.2, 0.25) is 0 Å². The van der Waals surface area contributed by atoms with Crippen LogP contribution < -0.4 is 10.1 Å². The topological polar surface area (TPSA) is 47.6 Å². The van der Waals surface area contributed by atoms with E-state index in [1.807, 2.05) is 13.8 Å². The van der Waals surface area contributed by atoms with Crippen molar-refractivity contribution in [3.63, 3.8) is 0 Å². The van der Waals surface area contributed by atoms with Gasteiger partial charge in [-0.25, -0.2) is 4.79 Å². The number of cyclic esters (lactones) is 1. The Morgan fingerprint density at radius 1 is 1.40 bits per heavy atom. The molecule has 0 aromatic heterocycles. The normalized spacial score (nSPS) is 21.9. The molecule has 20 heavy (non-hydrogen) atoms. The Labute approximate surface area is 113 Å². The predicted octanol–water partition coefficient (Wildman–Crippen LogP) is 3.39. The highest BCUT2D eigenvalue weighted by atomic mass is 19.4. The third kappa shape index (κ3) is 3.34. The highest BCUT2D eigenvalue weighted by Crippen LogP contribution is 2.37. The third-order valence-corrected chi connectivity index (χ3v) is 3.04. The molecule has 2 rings (SSSR count). The standard InChI is InChI=1S/C13H14F3NO3/c1-12(2)7-19-11(18)17-10(12)8-4-3-5-9(6-8)20-13(14,15)16/h3-6,10H,7H2,1-2H3,(H,17,18)/t10-/m1/s1. The quantitative estimate of drug-likeness (QED) is 0.907. The van der Waals surface area contributed by atoms with E-state index in [9.17, 15) is 18.0 Å². The molecule has 0 radical (unpaired) electrons. The number of amides is 1. The van der Waals surface area contributed by atoms with Gasteiger partial charge in [-0.3, -0.25) is 0 Å². The van der Waals surface area contributed by atoms with Crippen LogP contribution in [0.25, 0.3) is 0 Å². The SMILES string of the molecule is CC1(C)COC(=O)N[C@@H]1c1cccc(OC(F)(F)F)c1. The van der Waals surface area contributed by atoms with Crippen LogP contribution in [0.15, 0.2) is 24.3 Å². The maximum Gasteiger partial charge on any atom is 0.573 e. The van der Waals surface area contributed by atoms with E-state index in [-0.39, 0.29) is 12.4 Å². The van der Waals surface area contributed by atoms with Gasteiger partial charge in [0.25, 0.3) is 0 Å². The van der Waals surface area contributed by atoms with Gasteiger partial charge in [-0.15, -0.1) is 13.2 Å². The van der Waals surface area contributed by atoms with Crippen molar-refractivity contribution in [3.05, 3.63) is 29.8 Å². The lowest BCUT2D eigenvalue weighted by Gasteiger charge is -2.38. The smallest absolute Gasteiger partial charge is 0.449 e. The summed E-state index contributed by atoms with van der Waals surface area (Å²) in [7, 11) is 0. The zero-order valence-electron chi connectivity index (χ0n) is 11.0. The molecule has 1 atom stereocenters. The van der Waals surface area contributed by atoms with E-state index in [1.54, 1.807) is 6.07 Å². The number of hydrogen-bond acceptors (Lipinski definition) is 3. The number of rotatable bonds is 2. The second kappa shape index (κ2) is 4.88. The summed E-state index contributed by atoms with van der Waals surface area (Å²) < 4.78 is 45.4. The summed E-state index contributed by atoms with van der Waals surface area (Å²) in [5, 5.41) is 2.62. The van der Waals surface area contributed by atoms with E-state index in [2.05, 4.69) is 10.1 Å². The minimum Gasteiger partial charge on any atom is -0.449 e. The Kier molecular flexibility index (Phi) is 3.54. The van der Waals surface area contributed by atoms with Crippen molar-refractivity contribution >= 4 is 6.09 Å². The Morgan fingerprint density at radius 2 is 2.10 bits per heavy atom. The molecule has 110 valence electrons. The lowest BCUT2D eigenvalue weighted by atomic mass is 9.80. The van der Waals surface area contributed by atoms with Gasteiger partial charge in [0.05, 0.1) is 6.04 Å². The number of hydrogen-bond donors (Lipinski definition) is 1. The van der Waals surface area contributed by atoms with Crippen LogP contribution in [0.1, 0.15) is 25.5 Å². The summed E-state index contributed by atoms with van der Waals surface area (Å²) in [5.41, 5.74) is 0.0958. The van der Waals surface area contributed by atoms with Crippen molar-refractivity contribution in [2.24, 2.45) is 5.41 Å². The van der Waals surface area contributed by atoms with Crippen LogP contribution >= 0.6 is 0 Å². The summed E-state index contributed by atoms with van der Waals surface area (Å²) >= 11 is 0. The fourth-order valence-corrected chi connectivity index (χ4v) is 2.12. The summed E-state index contributed by atoms with van der Waals surface area (Å²) in [6.45, 7) is 3.90. The molecule has 1 heterocycles. The number of halogens is 3. The molecule has 0 aliphatic carbocycles. The summed E-state index contributed by atoms with van der Waals surface area (Å²) in [5.74, 6) is -0.313.